The molecule has 0 spiro atoms. The Hall–Kier alpha value is -5.15. The number of alkyl halides is 3. The second-order valence-electron chi connectivity index (χ2n) is 8.57. The van der Waals surface area contributed by atoms with E-state index in [-0.39, 0.29) is 42.5 Å². The zero-order valence-corrected chi connectivity index (χ0v) is 21.0. The first-order valence-corrected chi connectivity index (χ1v) is 11.8. The van der Waals surface area contributed by atoms with Crippen LogP contribution in [0.1, 0.15) is 34.3 Å². The van der Waals surface area contributed by atoms with Crippen molar-refractivity contribution in [1.29, 1.82) is 0 Å². The zero-order valence-electron chi connectivity index (χ0n) is 21.0. The zero-order chi connectivity index (χ0) is 30.3. The van der Waals surface area contributed by atoms with E-state index in [1.165, 1.54) is 24.3 Å². The highest BCUT2D eigenvalue weighted by atomic mass is 19.4. The van der Waals surface area contributed by atoms with Crippen LogP contribution in [0.5, 0.6) is 11.5 Å². The third kappa shape index (κ3) is 8.67. The summed E-state index contributed by atoms with van der Waals surface area (Å²) in [6.45, 7) is 0.138. The molecule has 0 fully saturated rings. The molecule has 2 aromatic carbocycles. The quantitative estimate of drug-likeness (QED) is 0.115. The summed E-state index contributed by atoms with van der Waals surface area (Å²) in [6, 6.07) is 7.28. The Bertz CT molecular complexity index is 1410. The van der Waals surface area contributed by atoms with Crippen LogP contribution in [0.3, 0.4) is 0 Å². The number of amides is 1. The number of esters is 3. The summed E-state index contributed by atoms with van der Waals surface area (Å²) in [6.07, 6.45) is -6.54. The van der Waals surface area contributed by atoms with E-state index in [2.05, 4.69) is 9.73 Å². The number of nitrogens with zero attached hydrogens (tertiary/aromatic N) is 1. The summed E-state index contributed by atoms with van der Waals surface area (Å²) in [4.78, 5) is 62.6. The van der Waals surface area contributed by atoms with Crippen molar-refractivity contribution in [1.82, 2.24) is 5.32 Å². The van der Waals surface area contributed by atoms with Crippen LogP contribution in [0, 0.1) is 0 Å². The minimum atomic E-state index is -5.45. The van der Waals surface area contributed by atoms with Gasteiger partial charge in [0.15, 0.2) is 5.96 Å². The number of aliphatic carboxylic acids is 1. The Morgan fingerprint density at radius 2 is 1.83 bits per heavy atom. The summed E-state index contributed by atoms with van der Waals surface area (Å²) >= 11 is 0. The largest absolute Gasteiger partial charge is 0.492 e. The normalized spacial score (nSPS) is 13.4. The third-order valence-corrected chi connectivity index (χ3v) is 5.48. The number of rotatable bonds is 8. The maximum absolute atomic E-state index is 12.8. The van der Waals surface area contributed by atoms with Crippen molar-refractivity contribution in [3.8, 4) is 11.5 Å². The minimum Gasteiger partial charge on any atom is -0.492 e. The van der Waals surface area contributed by atoms with Crippen LogP contribution in [0.2, 0.25) is 0 Å². The molecule has 0 saturated heterocycles. The molecule has 6 N–H and O–H groups in total. The topological polar surface area (TPSA) is 210 Å². The lowest BCUT2D eigenvalue weighted by Crippen LogP contribution is -2.43. The number of carboxylic acid groups (broad SMARTS) is 1. The SMILES string of the molecule is NC(N)=Nc1ccc2c(c1)OCCc1cc(CCC(=O)N[C@@H](CC(=O)OC(=O)C(F)(F)F)C(=O)O)ccc1OC2=O. The van der Waals surface area contributed by atoms with Gasteiger partial charge in [-0.25, -0.2) is 19.4 Å². The van der Waals surface area contributed by atoms with Crippen molar-refractivity contribution in [3.05, 3.63) is 53.1 Å². The lowest BCUT2D eigenvalue weighted by molar-refractivity contribution is -0.202. The van der Waals surface area contributed by atoms with Crippen LogP contribution < -0.4 is 26.3 Å². The third-order valence-electron chi connectivity index (χ3n) is 5.48. The van der Waals surface area contributed by atoms with Crippen molar-refractivity contribution < 1.29 is 56.5 Å². The van der Waals surface area contributed by atoms with Gasteiger partial charge >= 0.3 is 30.1 Å². The number of nitrogens with one attached hydrogen (secondary N) is 1. The Kier molecular flexibility index (Phi) is 9.49. The van der Waals surface area contributed by atoms with Crippen molar-refractivity contribution in [2.24, 2.45) is 16.5 Å². The molecule has 218 valence electrons. The van der Waals surface area contributed by atoms with Gasteiger partial charge in [0.05, 0.1) is 18.7 Å². The number of carboxylic acids is 1. The number of carbonyl (C=O) groups is 5. The lowest BCUT2D eigenvalue weighted by Gasteiger charge is -2.14. The molecule has 1 amide bonds. The minimum absolute atomic E-state index is 0.0827. The first-order valence-electron chi connectivity index (χ1n) is 11.8. The van der Waals surface area contributed by atoms with Gasteiger partial charge in [0.1, 0.15) is 23.1 Å². The summed E-state index contributed by atoms with van der Waals surface area (Å²) in [7, 11) is 0. The Morgan fingerprint density at radius 1 is 1.10 bits per heavy atom. The van der Waals surface area contributed by atoms with E-state index < -0.39 is 48.4 Å². The average molecular weight is 580 g/mol. The van der Waals surface area contributed by atoms with Gasteiger partial charge in [0.2, 0.25) is 5.91 Å². The molecule has 16 heteroatoms. The number of carbonyl (C=O) groups excluding carboxylic acids is 4. The highest BCUT2D eigenvalue weighted by Crippen LogP contribution is 2.30. The van der Waals surface area contributed by atoms with Crippen LogP contribution in [0.25, 0.3) is 0 Å². The van der Waals surface area contributed by atoms with E-state index in [1.807, 2.05) is 5.32 Å². The van der Waals surface area contributed by atoms with Gasteiger partial charge in [-0.05, 0) is 35.7 Å². The number of hydrogen-bond acceptors (Lipinski definition) is 9. The molecule has 41 heavy (non-hydrogen) atoms. The smallest absolute Gasteiger partial charge is 0.491 e. The van der Waals surface area contributed by atoms with Gasteiger partial charge < -0.3 is 36.1 Å². The molecule has 0 saturated carbocycles. The second-order valence-corrected chi connectivity index (χ2v) is 8.57. The molecule has 1 atom stereocenters. The van der Waals surface area contributed by atoms with E-state index in [0.29, 0.717) is 23.2 Å². The van der Waals surface area contributed by atoms with Crippen molar-refractivity contribution in [2.45, 2.75) is 37.9 Å². The number of benzene rings is 2. The molecular weight excluding hydrogens is 557 g/mol. The van der Waals surface area contributed by atoms with Crippen LogP contribution >= 0.6 is 0 Å². The number of nitrogens with two attached hydrogens (primary N) is 2. The number of aliphatic imine (C=N–C) groups is 1. The van der Waals surface area contributed by atoms with Gasteiger partial charge in [0.25, 0.3) is 0 Å². The molecule has 0 aromatic heterocycles. The van der Waals surface area contributed by atoms with Gasteiger partial charge in [-0.1, -0.05) is 12.1 Å². The maximum Gasteiger partial charge on any atom is 0.491 e. The van der Waals surface area contributed by atoms with Crippen LogP contribution in [0.4, 0.5) is 18.9 Å². The Balaban J connectivity index is 1.62. The van der Waals surface area contributed by atoms with Gasteiger partial charge in [-0.2, -0.15) is 13.2 Å². The highest BCUT2D eigenvalue weighted by Gasteiger charge is 2.43. The summed E-state index contributed by atoms with van der Waals surface area (Å²) in [5, 5.41) is 11.2. The van der Waals surface area contributed by atoms with E-state index in [4.69, 9.17) is 20.9 Å². The van der Waals surface area contributed by atoms with Crippen molar-refractivity contribution in [3.63, 3.8) is 0 Å². The van der Waals surface area contributed by atoms with E-state index in [0.717, 1.165) is 0 Å². The monoisotopic (exact) mass is 580 g/mol. The van der Waals surface area contributed by atoms with Gasteiger partial charge in [0, 0.05) is 18.9 Å². The molecule has 0 unspecified atom stereocenters. The molecule has 1 heterocycles. The van der Waals surface area contributed by atoms with Crippen LogP contribution in [-0.4, -0.2) is 59.7 Å². The van der Waals surface area contributed by atoms with Gasteiger partial charge in [-0.15, -0.1) is 0 Å². The fraction of sp³-hybridized carbons (Fsp3) is 0.280. The predicted molar refractivity (Wildman–Crippen MR) is 132 cm³/mol. The molecule has 3 rings (SSSR count). The highest BCUT2D eigenvalue weighted by molar-refractivity contribution is 5.95. The lowest BCUT2D eigenvalue weighted by atomic mass is 10.0. The van der Waals surface area contributed by atoms with Crippen molar-refractivity contribution >= 4 is 41.4 Å². The summed E-state index contributed by atoms with van der Waals surface area (Å²) in [5.74, 6) is -7.54. The van der Waals surface area contributed by atoms with E-state index in [1.54, 1.807) is 12.1 Å². The molecule has 13 nitrogen and oxygen atoms in total. The molecule has 0 radical (unpaired) electrons. The fourth-order valence-corrected chi connectivity index (χ4v) is 3.62. The predicted octanol–water partition coefficient (Wildman–Crippen LogP) is 1.27. The molecule has 2 aromatic rings. The molecule has 0 aliphatic carbocycles. The number of halogens is 3. The summed E-state index contributed by atoms with van der Waals surface area (Å²) in [5.41, 5.74) is 12.5. The van der Waals surface area contributed by atoms with Crippen LogP contribution in [-0.2, 0) is 36.8 Å². The van der Waals surface area contributed by atoms with Crippen molar-refractivity contribution in [2.75, 3.05) is 6.61 Å². The number of fused-ring (bicyclic) bond motifs is 2. The number of aryl methyl sites for hydroxylation is 1. The Morgan fingerprint density at radius 3 is 2.49 bits per heavy atom. The molecule has 0 bridgehead atoms. The second kappa shape index (κ2) is 12.8. The molecule has 1 aliphatic rings. The molecule has 1 aliphatic heterocycles. The first-order chi connectivity index (χ1) is 19.2. The standard InChI is InChI=1S/C25H23F3N4O9/c26-25(27,28)23(38)41-20(34)11-16(21(35)36)32-19(33)6-2-12-1-5-17-13(9-12)7-8-39-18-10-14(31-24(29)30)3-4-15(18)22(37)40-17/h1,3-5,9-10,16H,2,6-8,11H2,(H,32,33)(H,35,36)(H4,29,30,31)/t16-/m0/s1. The Labute approximate surface area is 229 Å². The first kappa shape index (κ1) is 30.4. The average Bonchev–Trinajstić information content (AvgIpc) is 2.93. The fourth-order valence-electron chi connectivity index (χ4n) is 3.62. The number of hydrogen-bond donors (Lipinski definition) is 4. The maximum atomic E-state index is 12.8. The van der Waals surface area contributed by atoms with Crippen LogP contribution in [0.15, 0.2) is 41.4 Å². The number of guanidine groups is 1. The van der Waals surface area contributed by atoms with E-state index in [9.17, 15) is 42.3 Å². The molecular formula is C25H23F3N4O9. The number of ether oxygens (including phenoxy) is 3. The van der Waals surface area contributed by atoms with E-state index >= 15 is 0 Å². The summed E-state index contributed by atoms with van der Waals surface area (Å²) < 4.78 is 51.5. The van der Waals surface area contributed by atoms with Gasteiger partial charge in [-0.3, -0.25) is 9.59 Å².